The number of hydrogen-bond donors (Lipinski definition) is 2. The van der Waals surface area contributed by atoms with E-state index in [4.69, 9.17) is 4.84 Å². The lowest BCUT2D eigenvalue weighted by molar-refractivity contribution is 0.135. The number of rotatable bonds is 3. The zero-order valence-electron chi connectivity index (χ0n) is 11.5. The summed E-state index contributed by atoms with van der Waals surface area (Å²) in [5.41, 5.74) is 5.23. The van der Waals surface area contributed by atoms with Crippen molar-refractivity contribution in [1.82, 2.24) is 10.5 Å². The first-order valence-corrected chi connectivity index (χ1v) is 7.70. The summed E-state index contributed by atoms with van der Waals surface area (Å²) in [4.78, 5) is 11.1. The molecule has 1 saturated carbocycles. The predicted molar refractivity (Wildman–Crippen MR) is 81.4 cm³/mol. The maximum atomic E-state index is 10.5. The van der Waals surface area contributed by atoms with Crippen LogP contribution in [0.3, 0.4) is 0 Å². The van der Waals surface area contributed by atoms with E-state index in [1.54, 1.807) is 13.3 Å². The third-order valence-corrected chi connectivity index (χ3v) is 4.80. The second-order valence-electron chi connectivity index (χ2n) is 4.98. The first-order valence-electron chi connectivity index (χ1n) is 6.89. The van der Waals surface area contributed by atoms with E-state index >= 15 is 0 Å². The van der Waals surface area contributed by atoms with Crippen LogP contribution in [-0.4, -0.2) is 17.2 Å². The molecular weight excluding hydrogens is 272 g/mol. The Bertz CT molecular complexity index is 640. The quantitative estimate of drug-likeness (QED) is 0.844. The van der Waals surface area contributed by atoms with E-state index in [1.807, 2.05) is 12.1 Å². The molecule has 5 heteroatoms. The molecule has 0 aliphatic heterocycles. The molecule has 1 fully saturated rings. The van der Waals surface area contributed by atoms with Gasteiger partial charge in [-0.15, -0.1) is 11.3 Å². The summed E-state index contributed by atoms with van der Waals surface area (Å²) in [6.07, 6.45) is 7.56. The van der Waals surface area contributed by atoms with Gasteiger partial charge >= 0.3 is 0 Å². The van der Waals surface area contributed by atoms with Crippen LogP contribution >= 0.6 is 11.3 Å². The molecule has 0 spiro atoms. The van der Waals surface area contributed by atoms with Crippen molar-refractivity contribution >= 4 is 27.3 Å². The van der Waals surface area contributed by atoms with Gasteiger partial charge in [-0.1, -0.05) is 6.42 Å². The van der Waals surface area contributed by atoms with Crippen LogP contribution in [0.15, 0.2) is 23.9 Å². The molecule has 0 saturated heterocycles. The number of nitrogens with one attached hydrogen (secondary N) is 1. The van der Waals surface area contributed by atoms with Crippen LogP contribution in [0, 0.1) is 0 Å². The number of pyridine rings is 1. The normalized spacial score (nSPS) is 15.6. The van der Waals surface area contributed by atoms with Crippen molar-refractivity contribution in [1.29, 1.82) is 0 Å². The van der Waals surface area contributed by atoms with Crippen molar-refractivity contribution in [3.05, 3.63) is 28.8 Å². The Balaban J connectivity index is 2.11. The Labute approximate surface area is 122 Å². The van der Waals surface area contributed by atoms with Gasteiger partial charge in [0.25, 0.3) is 0 Å². The fourth-order valence-electron chi connectivity index (χ4n) is 2.70. The minimum absolute atomic E-state index is 0.302. The molecule has 0 amide bonds. The Morgan fingerprint density at radius 3 is 2.85 bits per heavy atom. The molecule has 3 rings (SSSR count). The Hall–Kier alpha value is -1.59. The van der Waals surface area contributed by atoms with Gasteiger partial charge in [-0.05, 0) is 43.4 Å². The van der Waals surface area contributed by atoms with Gasteiger partial charge < -0.3 is 5.11 Å². The minimum atomic E-state index is 0.302. The fourth-order valence-corrected chi connectivity index (χ4v) is 3.78. The molecule has 0 bridgehead atoms. The van der Waals surface area contributed by atoms with Gasteiger partial charge in [-0.3, -0.25) is 10.3 Å². The largest absolute Gasteiger partial charge is 0.506 e. The molecule has 1 aliphatic carbocycles. The monoisotopic (exact) mass is 290 g/mol. The lowest BCUT2D eigenvalue weighted by Crippen LogP contribution is -2.13. The van der Waals surface area contributed by atoms with Crippen molar-refractivity contribution in [2.75, 3.05) is 7.11 Å². The van der Waals surface area contributed by atoms with Gasteiger partial charge in [0, 0.05) is 6.20 Å². The first kappa shape index (κ1) is 13.4. The summed E-state index contributed by atoms with van der Waals surface area (Å²) in [7, 11) is 1.60. The summed E-state index contributed by atoms with van der Waals surface area (Å²) in [5, 5.41) is 11.3. The lowest BCUT2D eigenvalue weighted by Gasteiger charge is -2.19. The molecule has 4 nitrogen and oxygen atoms in total. The molecule has 2 N–H and O–H groups in total. The van der Waals surface area contributed by atoms with Crippen molar-refractivity contribution in [3.63, 3.8) is 0 Å². The zero-order chi connectivity index (χ0) is 13.9. The van der Waals surface area contributed by atoms with Gasteiger partial charge in [0.1, 0.15) is 10.6 Å². The zero-order valence-corrected chi connectivity index (χ0v) is 12.3. The molecule has 0 unspecified atom stereocenters. The van der Waals surface area contributed by atoms with E-state index in [0.29, 0.717) is 5.75 Å². The number of hydrogen-bond acceptors (Lipinski definition) is 5. The van der Waals surface area contributed by atoms with Gasteiger partial charge in [0.15, 0.2) is 0 Å². The average molecular weight is 290 g/mol. The number of fused-ring (bicyclic) bond motifs is 1. The topological polar surface area (TPSA) is 54.4 Å². The van der Waals surface area contributed by atoms with Crippen LogP contribution in [0.5, 0.6) is 5.75 Å². The number of nitrogens with zero attached hydrogens (tertiary/aromatic N) is 1. The minimum Gasteiger partial charge on any atom is -0.506 e. The van der Waals surface area contributed by atoms with Crippen LogP contribution in [0.25, 0.3) is 15.9 Å². The van der Waals surface area contributed by atoms with Gasteiger partial charge in [0.2, 0.25) is 0 Å². The number of allylic oxidation sites excluding steroid dienone is 1. The van der Waals surface area contributed by atoms with Gasteiger partial charge in [-0.2, -0.15) is 0 Å². The summed E-state index contributed by atoms with van der Waals surface area (Å²) in [6.45, 7) is 0. The molecule has 2 aromatic rings. The number of hydroxylamine groups is 1. The number of aromatic nitrogens is 1. The Kier molecular flexibility index (Phi) is 3.89. The van der Waals surface area contributed by atoms with Crippen LogP contribution in [0.2, 0.25) is 0 Å². The molecular formula is C15H18N2O2S. The van der Waals surface area contributed by atoms with Crippen molar-refractivity contribution in [2.45, 2.75) is 32.1 Å². The summed E-state index contributed by atoms with van der Waals surface area (Å²) in [6, 6.07) is 3.74. The van der Waals surface area contributed by atoms with E-state index in [2.05, 4.69) is 10.5 Å². The highest BCUT2D eigenvalue weighted by Gasteiger charge is 2.20. The number of aromatic hydroxyl groups is 1. The van der Waals surface area contributed by atoms with Gasteiger partial charge in [-0.25, -0.2) is 4.98 Å². The maximum Gasteiger partial charge on any atom is 0.145 e. The summed E-state index contributed by atoms with van der Waals surface area (Å²) >= 11 is 1.50. The third-order valence-electron chi connectivity index (χ3n) is 3.68. The highest BCUT2D eigenvalue weighted by molar-refractivity contribution is 7.20. The van der Waals surface area contributed by atoms with Crippen LogP contribution in [-0.2, 0) is 4.84 Å². The number of thiophene rings is 1. The fraction of sp³-hybridized carbons (Fsp3) is 0.400. The standard InChI is InChI=1S/C15H18N2O2S/c1-19-17-12(10-6-3-2-4-7-10)14-13(18)11-8-5-9-16-15(11)20-14/h5,8-9,17-18H,2-4,6-7H2,1H3. The Morgan fingerprint density at radius 1 is 1.35 bits per heavy atom. The Morgan fingerprint density at radius 2 is 2.15 bits per heavy atom. The molecule has 1 aliphatic rings. The van der Waals surface area contributed by atoms with E-state index in [1.165, 1.54) is 36.2 Å². The lowest BCUT2D eigenvalue weighted by atomic mass is 9.93. The SMILES string of the molecule is CONC(=C1CCCCC1)c1sc2ncccc2c1O. The average Bonchev–Trinajstić information content (AvgIpc) is 2.83. The van der Waals surface area contributed by atoms with Crippen molar-refractivity contribution in [3.8, 4) is 5.75 Å². The van der Waals surface area contributed by atoms with E-state index in [9.17, 15) is 5.11 Å². The second-order valence-corrected chi connectivity index (χ2v) is 5.98. The van der Waals surface area contributed by atoms with E-state index < -0.39 is 0 Å². The molecule has 0 radical (unpaired) electrons. The molecule has 0 atom stereocenters. The molecule has 0 aromatic carbocycles. The van der Waals surface area contributed by atoms with Crippen molar-refractivity contribution < 1.29 is 9.94 Å². The van der Waals surface area contributed by atoms with Crippen LogP contribution in [0.1, 0.15) is 37.0 Å². The first-order chi connectivity index (χ1) is 9.81. The molecule has 20 heavy (non-hydrogen) atoms. The predicted octanol–water partition coefficient (Wildman–Crippen LogP) is 3.83. The van der Waals surface area contributed by atoms with Gasteiger partial charge in [0.05, 0.1) is 23.1 Å². The highest BCUT2D eigenvalue weighted by atomic mass is 32.1. The van der Waals surface area contributed by atoms with Crippen LogP contribution < -0.4 is 5.48 Å². The van der Waals surface area contributed by atoms with E-state index in [0.717, 1.165) is 33.6 Å². The molecule has 2 heterocycles. The van der Waals surface area contributed by atoms with Crippen LogP contribution in [0.4, 0.5) is 0 Å². The summed E-state index contributed by atoms with van der Waals surface area (Å²) < 4.78 is 0. The second kappa shape index (κ2) is 5.81. The molecule has 106 valence electrons. The highest BCUT2D eigenvalue weighted by Crippen LogP contribution is 2.41. The van der Waals surface area contributed by atoms with Crippen molar-refractivity contribution in [2.24, 2.45) is 0 Å². The van der Waals surface area contributed by atoms with E-state index in [-0.39, 0.29) is 0 Å². The summed E-state index contributed by atoms with van der Waals surface area (Å²) in [5.74, 6) is 0.302. The molecule has 2 aromatic heterocycles. The maximum absolute atomic E-state index is 10.5. The smallest absolute Gasteiger partial charge is 0.145 e. The third kappa shape index (κ3) is 2.39.